The molecule has 2 atom stereocenters. The number of aryl methyl sites for hydroxylation is 1. The highest BCUT2D eigenvalue weighted by Crippen LogP contribution is 2.25. The Bertz CT molecular complexity index is 1120. The van der Waals surface area contributed by atoms with Crippen molar-refractivity contribution < 1.29 is 22.5 Å². The molecule has 0 aromatic carbocycles. The summed E-state index contributed by atoms with van der Waals surface area (Å²) in [5, 5.41) is 13.6. The first kappa shape index (κ1) is 24.9. The lowest BCUT2D eigenvalue weighted by Gasteiger charge is -2.19. The zero-order chi connectivity index (χ0) is 24.2. The molecule has 2 aromatic rings. The van der Waals surface area contributed by atoms with Crippen LogP contribution >= 0.6 is 11.6 Å². The molecule has 180 valence electrons. The van der Waals surface area contributed by atoms with E-state index in [1.165, 1.54) is 12.1 Å². The van der Waals surface area contributed by atoms with Crippen LogP contribution < -0.4 is 20.3 Å². The predicted molar refractivity (Wildman–Crippen MR) is 125 cm³/mol. The zero-order valence-corrected chi connectivity index (χ0v) is 19.8. The summed E-state index contributed by atoms with van der Waals surface area (Å²) in [6, 6.07) is 3.91. The van der Waals surface area contributed by atoms with E-state index in [4.69, 9.17) is 16.3 Å². The molecule has 1 aliphatic heterocycles. The van der Waals surface area contributed by atoms with Gasteiger partial charge in [0.1, 0.15) is 5.15 Å². The Morgan fingerprint density at radius 2 is 2.15 bits per heavy atom. The molecular weight excluding hydrogens is 478 g/mol. The van der Waals surface area contributed by atoms with E-state index in [2.05, 4.69) is 31.7 Å². The Hall–Kier alpha value is -2.73. The smallest absolute Gasteiger partial charge is 0.319 e. The average Bonchev–Trinajstić information content (AvgIpc) is 3.21. The Balaban J connectivity index is 1.56. The van der Waals surface area contributed by atoms with Crippen LogP contribution in [0.25, 0.3) is 0 Å². The van der Waals surface area contributed by atoms with Crippen LogP contribution in [0.4, 0.5) is 25.1 Å². The van der Waals surface area contributed by atoms with Gasteiger partial charge in [0.25, 0.3) is 6.43 Å². The maximum absolute atomic E-state index is 12.3. The Morgan fingerprint density at radius 1 is 1.39 bits per heavy atom. The summed E-state index contributed by atoms with van der Waals surface area (Å²) in [7, 11) is -2.12. The molecule has 2 unspecified atom stereocenters. The van der Waals surface area contributed by atoms with Gasteiger partial charge in [-0.25, -0.2) is 18.6 Å². The minimum atomic E-state index is -2.66. The first-order valence-electron chi connectivity index (χ1n) is 10.0. The highest BCUT2D eigenvalue weighted by molar-refractivity contribution is 8.00. The Labute approximate surface area is 195 Å². The predicted octanol–water partition coefficient (Wildman–Crippen LogP) is 2.72. The number of alkyl halides is 2. The van der Waals surface area contributed by atoms with Crippen molar-refractivity contribution in [1.29, 1.82) is 0 Å². The number of carbonyl (C=O) groups excluding carboxylic acids is 1. The minimum Gasteiger partial charge on any atom is -0.471 e. The third-order valence-electron chi connectivity index (χ3n) is 4.97. The summed E-state index contributed by atoms with van der Waals surface area (Å²) in [4.78, 5) is 18.0. The standard InChI is InChI=1S/C20H25ClF2N6O3S/c1-12-6-14(27-28-19(12)29-5-4-15(10-29)33(2,3)31)9-24-20(30)25-13-7-16(21)26-18(8-13)32-11-17(22)23/h6-8,15,17H,2,4-5,9-11H2,1,3H3,(H2,24,25,26,30). The normalized spacial score (nSPS) is 17.6. The molecule has 0 radical (unpaired) electrons. The fourth-order valence-electron chi connectivity index (χ4n) is 3.37. The molecule has 2 N–H and O–H groups in total. The molecule has 1 aliphatic rings. The molecule has 1 fully saturated rings. The number of rotatable bonds is 8. The topological polar surface area (TPSA) is 109 Å². The number of hydrogen-bond acceptors (Lipinski definition) is 7. The van der Waals surface area contributed by atoms with E-state index in [1.54, 1.807) is 6.26 Å². The molecule has 13 heteroatoms. The van der Waals surface area contributed by atoms with Crippen molar-refractivity contribution in [2.45, 2.75) is 31.6 Å². The van der Waals surface area contributed by atoms with Crippen molar-refractivity contribution in [2.24, 2.45) is 0 Å². The van der Waals surface area contributed by atoms with Crippen LogP contribution in [0.15, 0.2) is 18.2 Å². The molecule has 33 heavy (non-hydrogen) atoms. The number of anilines is 2. The third-order valence-corrected chi connectivity index (χ3v) is 6.96. The van der Waals surface area contributed by atoms with Gasteiger partial charge in [0.2, 0.25) is 5.88 Å². The molecule has 9 nitrogen and oxygen atoms in total. The van der Waals surface area contributed by atoms with Gasteiger partial charge >= 0.3 is 6.03 Å². The van der Waals surface area contributed by atoms with Crippen LogP contribution in [-0.2, 0) is 16.1 Å². The number of aromatic nitrogens is 3. The lowest BCUT2D eigenvalue weighted by Crippen LogP contribution is -2.29. The van der Waals surface area contributed by atoms with Crippen molar-refractivity contribution in [3.8, 4) is 5.88 Å². The van der Waals surface area contributed by atoms with E-state index >= 15 is 0 Å². The van der Waals surface area contributed by atoms with E-state index in [9.17, 15) is 17.8 Å². The summed E-state index contributed by atoms with van der Waals surface area (Å²) in [5.74, 6) is 4.38. The molecule has 3 rings (SSSR count). The molecule has 0 aliphatic carbocycles. The van der Waals surface area contributed by atoms with Crippen LogP contribution in [-0.4, -0.2) is 68.9 Å². The monoisotopic (exact) mass is 502 g/mol. The second-order valence-corrected chi connectivity index (χ2v) is 11.0. The molecule has 2 aromatic heterocycles. The summed E-state index contributed by atoms with van der Waals surface area (Å²) < 4.78 is 41.7. The maximum atomic E-state index is 12.3. The third kappa shape index (κ3) is 7.13. The molecular formula is C20H25ClF2N6O3S. The molecule has 0 saturated carbocycles. The molecule has 2 amide bonds. The van der Waals surface area contributed by atoms with Crippen LogP contribution in [0.3, 0.4) is 0 Å². The van der Waals surface area contributed by atoms with Gasteiger partial charge in [-0.2, -0.15) is 5.10 Å². The van der Waals surface area contributed by atoms with Crippen molar-refractivity contribution >= 4 is 44.5 Å². The van der Waals surface area contributed by atoms with Gasteiger partial charge in [0.05, 0.1) is 17.9 Å². The second-order valence-electron chi connectivity index (χ2n) is 7.80. The molecule has 0 spiro atoms. The number of pyridine rings is 1. The minimum absolute atomic E-state index is 0.0175. The number of amides is 2. The first-order valence-corrected chi connectivity index (χ1v) is 12.6. The summed E-state index contributed by atoms with van der Waals surface area (Å²) in [5.41, 5.74) is 1.67. The number of urea groups is 1. The van der Waals surface area contributed by atoms with E-state index in [0.717, 1.165) is 24.3 Å². The van der Waals surface area contributed by atoms with Gasteiger partial charge in [-0.15, -0.1) is 5.10 Å². The van der Waals surface area contributed by atoms with Gasteiger partial charge in [-0.3, -0.25) is 4.21 Å². The summed E-state index contributed by atoms with van der Waals surface area (Å²) in [6.07, 6.45) is -0.196. The zero-order valence-electron chi connectivity index (χ0n) is 18.2. The highest BCUT2D eigenvalue weighted by Gasteiger charge is 2.28. The maximum Gasteiger partial charge on any atom is 0.319 e. The number of nitrogens with one attached hydrogen (secondary N) is 2. The number of ether oxygens (including phenoxy) is 1. The quantitative estimate of drug-likeness (QED) is 0.422. The van der Waals surface area contributed by atoms with Gasteiger partial charge in [-0.1, -0.05) is 11.6 Å². The van der Waals surface area contributed by atoms with Crippen molar-refractivity contribution in [3.63, 3.8) is 0 Å². The first-order chi connectivity index (χ1) is 15.5. The molecule has 0 bridgehead atoms. The number of carbonyl (C=O) groups is 1. The van der Waals surface area contributed by atoms with Gasteiger partial charge in [0.15, 0.2) is 12.4 Å². The summed E-state index contributed by atoms with van der Waals surface area (Å²) >= 11 is 5.85. The second kappa shape index (κ2) is 10.5. The van der Waals surface area contributed by atoms with Crippen LogP contribution in [0.5, 0.6) is 5.88 Å². The lowest BCUT2D eigenvalue weighted by molar-refractivity contribution is 0.0796. The van der Waals surface area contributed by atoms with Crippen molar-refractivity contribution in [2.75, 3.05) is 36.2 Å². The van der Waals surface area contributed by atoms with Gasteiger partial charge < -0.3 is 20.3 Å². The van der Waals surface area contributed by atoms with E-state index in [1.807, 2.05) is 17.9 Å². The largest absolute Gasteiger partial charge is 0.471 e. The van der Waals surface area contributed by atoms with Crippen molar-refractivity contribution in [1.82, 2.24) is 20.5 Å². The Morgan fingerprint density at radius 3 is 2.79 bits per heavy atom. The fraction of sp³-hybridized carbons (Fsp3) is 0.450. The van der Waals surface area contributed by atoms with Crippen LogP contribution in [0.2, 0.25) is 5.15 Å². The van der Waals surface area contributed by atoms with E-state index < -0.39 is 28.6 Å². The van der Waals surface area contributed by atoms with E-state index in [0.29, 0.717) is 12.2 Å². The fourth-order valence-corrected chi connectivity index (χ4v) is 4.67. The van der Waals surface area contributed by atoms with Crippen LogP contribution in [0, 0.1) is 6.92 Å². The van der Waals surface area contributed by atoms with Gasteiger partial charge in [0, 0.05) is 30.7 Å². The van der Waals surface area contributed by atoms with E-state index in [-0.39, 0.29) is 28.5 Å². The average molecular weight is 503 g/mol. The molecule has 1 saturated heterocycles. The summed E-state index contributed by atoms with van der Waals surface area (Å²) in [6.45, 7) is 2.52. The highest BCUT2D eigenvalue weighted by atomic mass is 35.5. The molecule has 3 heterocycles. The number of halogens is 3. The number of nitrogens with zero attached hydrogens (tertiary/aromatic N) is 4. The van der Waals surface area contributed by atoms with Crippen LogP contribution in [0.1, 0.15) is 17.7 Å². The SMILES string of the molecule is C=S(C)(=O)C1CCN(c2nnc(CNC(=O)Nc3cc(Cl)nc(OCC(F)F)c3)cc2C)C1. The Kier molecular flexibility index (Phi) is 7.90. The van der Waals surface area contributed by atoms with Gasteiger partial charge in [-0.05, 0) is 46.4 Å². The van der Waals surface area contributed by atoms with Crippen molar-refractivity contribution in [3.05, 3.63) is 34.6 Å². The number of hydrogen-bond donors (Lipinski definition) is 2. The lowest BCUT2D eigenvalue weighted by atomic mass is 10.2.